The van der Waals surface area contributed by atoms with E-state index < -0.39 is 12.0 Å². The van der Waals surface area contributed by atoms with Gasteiger partial charge in [0, 0.05) is 11.4 Å². The zero-order valence-electron chi connectivity index (χ0n) is 11.8. The molecule has 1 saturated heterocycles. The standard InChI is InChI=1S/C15H19NO3S/c1-10-5-6-11(2)13(8-10)20-9-14(17)16-7-3-4-12(16)15(18)19/h5-6,8,12H,3-4,7,9H2,1-2H3,(H,18,19). The Morgan fingerprint density at radius 3 is 2.85 bits per heavy atom. The molecule has 2 rings (SSSR count). The third-order valence-electron chi connectivity index (χ3n) is 3.55. The van der Waals surface area contributed by atoms with Gasteiger partial charge in [0.05, 0.1) is 5.75 Å². The van der Waals surface area contributed by atoms with Crippen molar-refractivity contribution in [2.45, 2.75) is 37.6 Å². The molecule has 1 N–H and O–H groups in total. The first-order chi connectivity index (χ1) is 9.49. The van der Waals surface area contributed by atoms with Gasteiger partial charge in [0.1, 0.15) is 6.04 Å². The van der Waals surface area contributed by atoms with Gasteiger partial charge in [-0.1, -0.05) is 17.7 Å². The predicted octanol–water partition coefficient (Wildman–Crippen LogP) is 2.47. The first-order valence-corrected chi connectivity index (χ1v) is 7.70. The third-order valence-corrected chi connectivity index (χ3v) is 4.70. The minimum atomic E-state index is -0.896. The highest BCUT2D eigenvalue weighted by molar-refractivity contribution is 8.00. The molecule has 4 nitrogen and oxygen atoms in total. The lowest BCUT2D eigenvalue weighted by atomic mass is 10.2. The number of thioether (sulfide) groups is 1. The summed E-state index contributed by atoms with van der Waals surface area (Å²) in [4.78, 5) is 25.8. The number of carboxylic acids is 1. The highest BCUT2D eigenvalue weighted by Gasteiger charge is 2.33. The quantitative estimate of drug-likeness (QED) is 0.866. The van der Waals surface area contributed by atoms with Crippen LogP contribution in [0.1, 0.15) is 24.0 Å². The van der Waals surface area contributed by atoms with Crippen molar-refractivity contribution in [3.8, 4) is 0 Å². The number of hydrogen-bond donors (Lipinski definition) is 1. The molecule has 1 atom stereocenters. The highest BCUT2D eigenvalue weighted by Crippen LogP contribution is 2.25. The summed E-state index contributed by atoms with van der Waals surface area (Å²) in [7, 11) is 0. The fourth-order valence-corrected chi connectivity index (χ4v) is 3.42. The van der Waals surface area contributed by atoms with Crippen LogP contribution in [-0.2, 0) is 9.59 Å². The van der Waals surface area contributed by atoms with Crippen molar-refractivity contribution >= 4 is 23.6 Å². The van der Waals surface area contributed by atoms with Crippen LogP contribution in [-0.4, -0.2) is 40.2 Å². The van der Waals surface area contributed by atoms with Crippen LogP contribution < -0.4 is 0 Å². The summed E-state index contributed by atoms with van der Waals surface area (Å²) in [6.45, 7) is 4.59. The SMILES string of the molecule is Cc1ccc(C)c(SCC(=O)N2CCCC2C(=O)O)c1. The lowest BCUT2D eigenvalue weighted by Gasteiger charge is -2.21. The van der Waals surface area contributed by atoms with Crippen LogP contribution in [0.4, 0.5) is 0 Å². The Kier molecular flexibility index (Phi) is 4.70. The number of likely N-dealkylation sites (tertiary alicyclic amines) is 1. The minimum Gasteiger partial charge on any atom is -0.480 e. The number of carbonyl (C=O) groups is 2. The minimum absolute atomic E-state index is 0.0826. The van der Waals surface area contributed by atoms with E-state index in [1.807, 2.05) is 26.0 Å². The van der Waals surface area contributed by atoms with Gasteiger partial charge in [0.2, 0.25) is 5.91 Å². The number of aliphatic carboxylic acids is 1. The van der Waals surface area contributed by atoms with Gasteiger partial charge in [-0.05, 0) is 38.3 Å². The first kappa shape index (κ1) is 14.9. The fourth-order valence-electron chi connectivity index (χ4n) is 2.41. The van der Waals surface area contributed by atoms with E-state index in [1.54, 1.807) is 0 Å². The number of benzene rings is 1. The van der Waals surface area contributed by atoms with Crippen molar-refractivity contribution in [3.05, 3.63) is 29.3 Å². The van der Waals surface area contributed by atoms with Crippen molar-refractivity contribution in [3.63, 3.8) is 0 Å². The van der Waals surface area contributed by atoms with E-state index in [4.69, 9.17) is 5.11 Å². The number of nitrogens with zero attached hydrogens (tertiary/aromatic N) is 1. The summed E-state index contributed by atoms with van der Waals surface area (Å²) in [6.07, 6.45) is 1.34. The summed E-state index contributed by atoms with van der Waals surface area (Å²) >= 11 is 1.49. The van der Waals surface area contributed by atoms with Crippen LogP contribution in [0.2, 0.25) is 0 Å². The van der Waals surface area contributed by atoms with E-state index in [0.29, 0.717) is 18.7 Å². The fraction of sp³-hybridized carbons (Fsp3) is 0.467. The first-order valence-electron chi connectivity index (χ1n) is 6.71. The molecule has 0 bridgehead atoms. The Morgan fingerprint density at radius 1 is 1.40 bits per heavy atom. The van der Waals surface area contributed by atoms with Gasteiger partial charge in [-0.2, -0.15) is 0 Å². The van der Waals surface area contributed by atoms with Gasteiger partial charge < -0.3 is 10.0 Å². The molecular formula is C15H19NO3S. The average Bonchev–Trinajstić information content (AvgIpc) is 2.89. The number of aryl methyl sites for hydroxylation is 2. The summed E-state index contributed by atoms with van der Waals surface area (Å²) < 4.78 is 0. The largest absolute Gasteiger partial charge is 0.480 e. The van der Waals surface area contributed by atoms with Gasteiger partial charge in [-0.3, -0.25) is 4.79 Å². The molecule has 1 heterocycles. The van der Waals surface area contributed by atoms with E-state index >= 15 is 0 Å². The van der Waals surface area contributed by atoms with Crippen LogP contribution >= 0.6 is 11.8 Å². The van der Waals surface area contributed by atoms with Gasteiger partial charge in [-0.25, -0.2) is 4.79 Å². The Bertz CT molecular complexity index is 530. The normalized spacial score (nSPS) is 18.3. The van der Waals surface area contributed by atoms with Crippen LogP contribution in [0.5, 0.6) is 0 Å². The van der Waals surface area contributed by atoms with Crippen LogP contribution in [0.15, 0.2) is 23.1 Å². The predicted molar refractivity (Wildman–Crippen MR) is 79.0 cm³/mol. The molecule has 1 aromatic rings. The maximum Gasteiger partial charge on any atom is 0.326 e. The van der Waals surface area contributed by atoms with E-state index in [9.17, 15) is 9.59 Å². The summed E-state index contributed by atoms with van der Waals surface area (Å²) in [5.41, 5.74) is 2.31. The molecule has 1 unspecified atom stereocenters. The number of carboxylic acid groups (broad SMARTS) is 1. The van der Waals surface area contributed by atoms with Crippen molar-refractivity contribution in [2.24, 2.45) is 0 Å². The van der Waals surface area contributed by atoms with Gasteiger partial charge in [-0.15, -0.1) is 11.8 Å². The Hall–Kier alpha value is -1.49. The molecule has 5 heteroatoms. The topological polar surface area (TPSA) is 57.6 Å². The summed E-state index contributed by atoms with van der Waals surface area (Å²) in [6, 6.07) is 5.51. The third kappa shape index (κ3) is 3.33. The highest BCUT2D eigenvalue weighted by atomic mass is 32.2. The molecule has 20 heavy (non-hydrogen) atoms. The van der Waals surface area contributed by atoms with Gasteiger partial charge >= 0.3 is 5.97 Å². The summed E-state index contributed by atoms with van der Waals surface area (Å²) in [5, 5.41) is 9.10. The molecule has 0 spiro atoms. The number of rotatable bonds is 4. The zero-order valence-corrected chi connectivity index (χ0v) is 12.6. The molecule has 0 radical (unpaired) electrons. The van der Waals surface area contributed by atoms with Crippen LogP contribution in [0.3, 0.4) is 0 Å². The van der Waals surface area contributed by atoms with Crippen molar-refractivity contribution < 1.29 is 14.7 Å². The molecule has 1 aliphatic heterocycles. The molecule has 1 amide bonds. The second-order valence-electron chi connectivity index (χ2n) is 5.14. The van der Waals surface area contributed by atoms with Crippen molar-refractivity contribution in [1.82, 2.24) is 4.90 Å². The monoisotopic (exact) mass is 293 g/mol. The second kappa shape index (κ2) is 6.31. The second-order valence-corrected chi connectivity index (χ2v) is 6.16. The molecule has 1 aromatic carbocycles. The van der Waals surface area contributed by atoms with Crippen molar-refractivity contribution in [2.75, 3.05) is 12.3 Å². The molecule has 108 valence electrons. The lowest BCUT2D eigenvalue weighted by Crippen LogP contribution is -2.41. The maximum atomic E-state index is 12.2. The zero-order chi connectivity index (χ0) is 14.7. The van der Waals surface area contributed by atoms with Crippen LogP contribution in [0, 0.1) is 13.8 Å². The Labute approximate surface area is 123 Å². The summed E-state index contributed by atoms with van der Waals surface area (Å²) in [5.74, 6) is -0.679. The van der Waals surface area contributed by atoms with Gasteiger partial charge in [0.25, 0.3) is 0 Å². The molecule has 0 saturated carbocycles. The Balaban J connectivity index is 1.98. The average molecular weight is 293 g/mol. The van der Waals surface area contributed by atoms with Gasteiger partial charge in [0.15, 0.2) is 0 Å². The maximum absolute atomic E-state index is 12.2. The van der Waals surface area contributed by atoms with Crippen molar-refractivity contribution in [1.29, 1.82) is 0 Å². The van der Waals surface area contributed by atoms with E-state index in [1.165, 1.54) is 16.7 Å². The molecule has 0 aromatic heterocycles. The van der Waals surface area contributed by atoms with Crippen LogP contribution in [0.25, 0.3) is 0 Å². The molecule has 0 aliphatic carbocycles. The molecule has 1 fully saturated rings. The lowest BCUT2D eigenvalue weighted by molar-refractivity contribution is -0.147. The number of hydrogen-bond acceptors (Lipinski definition) is 3. The van der Waals surface area contributed by atoms with E-state index in [0.717, 1.165) is 22.4 Å². The molecular weight excluding hydrogens is 274 g/mol. The molecule has 1 aliphatic rings. The number of carbonyl (C=O) groups excluding carboxylic acids is 1. The van der Waals surface area contributed by atoms with E-state index in [2.05, 4.69) is 6.07 Å². The van der Waals surface area contributed by atoms with E-state index in [-0.39, 0.29) is 5.91 Å². The Morgan fingerprint density at radius 2 is 2.15 bits per heavy atom. The number of amides is 1. The smallest absolute Gasteiger partial charge is 0.326 e.